The topological polar surface area (TPSA) is 12.0 Å². The van der Waals surface area contributed by atoms with Crippen molar-refractivity contribution in [2.24, 2.45) is 0 Å². The smallest absolute Gasteiger partial charge is 0.0271 e. The van der Waals surface area contributed by atoms with Crippen LogP contribution in [0.4, 0.5) is 0 Å². The normalized spacial score (nSPS) is 33.0. The van der Waals surface area contributed by atoms with E-state index in [0.29, 0.717) is 4.83 Å². The SMILES string of the molecule is CC(Br)C1CCCN1. The highest BCUT2D eigenvalue weighted by Crippen LogP contribution is 2.14. The monoisotopic (exact) mass is 177 g/mol. The molecule has 1 aliphatic heterocycles. The third kappa shape index (κ3) is 1.46. The van der Waals surface area contributed by atoms with Gasteiger partial charge in [-0.05, 0) is 19.4 Å². The Bertz CT molecular complexity index is 66.9. The molecule has 2 atom stereocenters. The van der Waals surface area contributed by atoms with E-state index in [-0.39, 0.29) is 0 Å². The van der Waals surface area contributed by atoms with Crippen LogP contribution in [0.25, 0.3) is 0 Å². The lowest BCUT2D eigenvalue weighted by atomic mass is 10.2. The van der Waals surface area contributed by atoms with Crippen LogP contribution < -0.4 is 5.32 Å². The average molecular weight is 178 g/mol. The number of rotatable bonds is 1. The van der Waals surface area contributed by atoms with Crippen LogP contribution in [0, 0.1) is 0 Å². The lowest BCUT2D eigenvalue weighted by Crippen LogP contribution is -2.28. The van der Waals surface area contributed by atoms with Crippen molar-refractivity contribution in [2.75, 3.05) is 6.54 Å². The van der Waals surface area contributed by atoms with E-state index in [4.69, 9.17) is 0 Å². The number of nitrogens with one attached hydrogen (secondary N) is 1. The van der Waals surface area contributed by atoms with Crippen LogP contribution in [0.1, 0.15) is 19.8 Å². The first-order valence-corrected chi connectivity index (χ1v) is 4.10. The highest BCUT2D eigenvalue weighted by Gasteiger charge is 2.17. The van der Waals surface area contributed by atoms with Gasteiger partial charge in [0.25, 0.3) is 0 Å². The first-order chi connectivity index (χ1) is 3.80. The fourth-order valence-corrected chi connectivity index (χ4v) is 1.55. The summed E-state index contributed by atoms with van der Waals surface area (Å²) in [5.74, 6) is 0. The Hall–Kier alpha value is 0.440. The minimum atomic E-state index is 0.644. The molecule has 1 fully saturated rings. The zero-order valence-electron chi connectivity index (χ0n) is 5.15. The minimum Gasteiger partial charge on any atom is -0.313 e. The van der Waals surface area contributed by atoms with Gasteiger partial charge in [-0.3, -0.25) is 0 Å². The van der Waals surface area contributed by atoms with Crippen LogP contribution in [0.3, 0.4) is 0 Å². The third-order valence-corrected chi connectivity index (χ3v) is 2.29. The molecule has 2 heteroatoms. The number of hydrogen-bond acceptors (Lipinski definition) is 1. The van der Waals surface area contributed by atoms with Gasteiger partial charge in [0, 0.05) is 10.9 Å². The largest absolute Gasteiger partial charge is 0.313 e. The van der Waals surface area contributed by atoms with Crippen LogP contribution >= 0.6 is 15.9 Å². The molecule has 1 rings (SSSR count). The van der Waals surface area contributed by atoms with Gasteiger partial charge in [-0.15, -0.1) is 0 Å². The van der Waals surface area contributed by atoms with Crippen molar-refractivity contribution in [1.82, 2.24) is 5.32 Å². The zero-order valence-corrected chi connectivity index (χ0v) is 6.74. The van der Waals surface area contributed by atoms with Gasteiger partial charge >= 0.3 is 0 Å². The predicted octanol–water partition coefficient (Wildman–Crippen LogP) is 1.52. The molecule has 0 aromatic rings. The van der Waals surface area contributed by atoms with E-state index < -0.39 is 0 Å². The molecule has 0 aromatic heterocycles. The van der Waals surface area contributed by atoms with Gasteiger partial charge < -0.3 is 5.32 Å². The molecule has 0 amide bonds. The van der Waals surface area contributed by atoms with Crippen LogP contribution in [0.5, 0.6) is 0 Å². The molecular weight excluding hydrogens is 166 g/mol. The highest BCUT2D eigenvalue weighted by molar-refractivity contribution is 9.09. The summed E-state index contributed by atoms with van der Waals surface area (Å²) in [6.45, 7) is 3.41. The van der Waals surface area contributed by atoms with Crippen molar-refractivity contribution in [1.29, 1.82) is 0 Å². The Labute approximate surface area is 59.0 Å². The van der Waals surface area contributed by atoms with E-state index in [2.05, 4.69) is 28.2 Å². The molecular formula is C6H12BrN. The summed E-state index contributed by atoms with van der Waals surface area (Å²) in [5, 5.41) is 3.41. The average Bonchev–Trinajstić information content (AvgIpc) is 2.12. The second-order valence-corrected chi connectivity index (χ2v) is 3.82. The second kappa shape index (κ2) is 2.83. The van der Waals surface area contributed by atoms with E-state index in [1.807, 2.05) is 0 Å². The molecule has 1 saturated heterocycles. The number of hydrogen-bond donors (Lipinski definition) is 1. The zero-order chi connectivity index (χ0) is 5.98. The molecule has 1 N–H and O–H groups in total. The van der Waals surface area contributed by atoms with Crippen molar-refractivity contribution in [2.45, 2.75) is 30.6 Å². The van der Waals surface area contributed by atoms with E-state index in [1.165, 1.54) is 19.4 Å². The molecule has 0 aliphatic carbocycles. The molecule has 1 aliphatic rings. The van der Waals surface area contributed by atoms with Gasteiger partial charge in [0.05, 0.1) is 0 Å². The standard InChI is InChI=1S/C6H12BrN/c1-5(7)6-3-2-4-8-6/h5-6,8H,2-4H2,1H3. The molecule has 8 heavy (non-hydrogen) atoms. The first-order valence-electron chi connectivity index (χ1n) is 3.18. The molecule has 48 valence electrons. The first kappa shape index (κ1) is 6.56. The molecule has 2 unspecified atom stereocenters. The summed E-state index contributed by atoms with van der Waals surface area (Å²) in [5.41, 5.74) is 0. The van der Waals surface area contributed by atoms with Crippen LogP contribution in [-0.4, -0.2) is 17.4 Å². The van der Waals surface area contributed by atoms with Gasteiger partial charge in [-0.25, -0.2) is 0 Å². The lowest BCUT2D eigenvalue weighted by molar-refractivity contribution is 0.606. The Balaban J connectivity index is 2.24. The van der Waals surface area contributed by atoms with Crippen molar-refractivity contribution >= 4 is 15.9 Å². The van der Waals surface area contributed by atoms with Crippen LogP contribution in [0.15, 0.2) is 0 Å². The molecule has 0 saturated carbocycles. The van der Waals surface area contributed by atoms with Crippen molar-refractivity contribution in [3.8, 4) is 0 Å². The molecule has 1 heterocycles. The van der Waals surface area contributed by atoms with Gasteiger partial charge in [-0.2, -0.15) is 0 Å². The molecule has 1 nitrogen and oxygen atoms in total. The van der Waals surface area contributed by atoms with Gasteiger partial charge in [0.2, 0.25) is 0 Å². The summed E-state index contributed by atoms with van der Waals surface area (Å²) in [7, 11) is 0. The summed E-state index contributed by atoms with van der Waals surface area (Å²) in [4.78, 5) is 0.644. The van der Waals surface area contributed by atoms with Gasteiger partial charge in [0.15, 0.2) is 0 Å². The summed E-state index contributed by atoms with van der Waals surface area (Å²) in [6.07, 6.45) is 2.69. The maximum absolute atomic E-state index is 3.54. The number of alkyl halides is 1. The number of halogens is 1. The Morgan fingerprint density at radius 1 is 1.75 bits per heavy atom. The van der Waals surface area contributed by atoms with Crippen molar-refractivity contribution < 1.29 is 0 Å². The Morgan fingerprint density at radius 2 is 2.50 bits per heavy atom. The quantitative estimate of drug-likeness (QED) is 0.600. The fraction of sp³-hybridized carbons (Fsp3) is 1.00. The van der Waals surface area contributed by atoms with Crippen molar-refractivity contribution in [3.05, 3.63) is 0 Å². The van der Waals surface area contributed by atoms with Crippen LogP contribution in [0.2, 0.25) is 0 Å². The van der Waals surface area contributed by atoms with E-state index >= 15 is 0 Å². The second-order valence-electron chi connectivity index (χ2n) is 2.38. The van der Waals surface area contributed by atoms with Crippen LogP contribution in [-0.2, 0) is 0 Å². The Kier molecular flexibility index (Phi) is 2.32. The van der Waals surface area contributed by atoms with E-state index in [0.717, 1.165) is 6.04 Å². The summed E-state index contributed by atoms with van der Waals surface area (Å²) >= 11 is 3.54. The van der Waals surface area contributed by atoms with Gasteiger partial charge in [0.1, 0.15) is 0 Å². The molecule has 0 bridgehead atoms. The maximum Gasteiger partial charge on any atom is 0.0271 e. The fourth-order valence-electron chi connectivity index (χ4n) is 1.10. The Morgan fingerprint density at radius 3 is 2.75 bits per heavy atom. The predicted molar refractivity (Wildman–Crippen MR) is 39.4 cm³/mol. The van der Waals surface area contributed by atoms with E-state index in [9.17, 15) is 0 Å². The lowest BCUT2D eigenvalue weighted by Gasteiger charge is -2.11. The van der Waals surface area contributed by atoms with Gasteiger partial charge in [-0.1, -0.05) is 22.9 Å². The minimum absolute atomic E-state index is 0.644. The van der Waals surface area contributed by atoms with E-state index in [1.54, 1.807) is 0 Å². The third-order valence-electron chi connectivity index (χ3n) is 1.65. The summed E-state index contributed by atoms with van der Waals surface area (Å²) < 4.78 is 0. The molecule has 0 aromatic carbocycles. The summed E-state index contributed by atoms with van der Waals surface area (Å²) in [6, 6.07) is 0.731. The maximum atomic E-state index is 3.54. The molecule has 0 radical (unpaired) electrons. The molecule has 0 spiro atoms. The van der Waals surface area contributed by atoms with Crippen molar-refractivity contribution in [3.63, 3.8) is 0 Å². The highest BCUT2D eigenvalue weighted by atomic mass is 79.9.